The molecule has 0 heteroatoms. The number of benzene rings is 4. The Morgan fingerprint density at radius 1 is 0.548 bits per heavy atom. The first-order valence-electron chi connectivity index (χ1n) is 12.4. The molecule has 0 spiro atoms. The van der Waals surface area contributed by atoms with Gasteiger partial charge in [-0.1, -0.05) is 24.3 Å². The average molecular weight is 390 g/mol. The van der Waals surface area contributed by atoms with Crippen molar-refractivity contribution in [3.8, 4) is 0 Å². The summed E-state index contributed by atoms with van der Waals surface area (Å²) < 4.78 is 0. The van der Waals surface area contributed by atoms with E-state index in [1.54, 1.807) is 99.1 Å². The summed E-state index contributed by atoms with van der Waals surface area (Å²) in [6.45, 7) is 0. The Balaban J connectivity index is 1.55. The molecule has 8 aliphatic carbocycles. The Bertz CT molecular complexity index is 1870. The Morgan fingerprint density at radius 3 is 1.94 bits per heavy atom. The Hall–Kier alpha value is -2.86. The van der Waals surface area contributed by atoms with Gasteiger partial charge in [0.25, 0.3) is 0 Å². The molecule has 142 valence electrons. The van der Waals surface area contributed by atoms with Crippen LogP contribution in [0.4, 0.5) is 0 Å². The minimum Gasteiger partial charge on any atom is -0.0763 e. The summed E-state index contributed by atoms with van der Waals surface area (Å²) in [5, 5.41) is 10.3. The molecule has 4 aromatic carbocycles. The van der Waals surface area contributed by atoms with Gasteiger partial charge in [-0.15, -0.1) is 0 Å². The van der Waals surface area contributed by atoms with Crippen LogP contribution in [-0.4, -0.2) is 0 Å². The number of rotatable bonds is 0. The van der Waals surface area contributed by atoms with Crippen LogP contribution in [0.3, 0.4) is 0 Å². The predicted molar refractivity (Wildman–Crippen MR) is 125 cm³/mol. The summed E-state index contributed by atoms with van der Waals surface area (Å²) in [7, 11) is 0. The maximum Gasteiger partial charge on any atom is 0.0177 e. The van der Waals surface area contributed by atoms with Crippen LogP contribution in [0.2, 0.25) is 0 Å². The van der Waals surface area contributed by atoms with Crippen molar-refractivity contribution in [1.82, 2.24) is 0 Å². The molecule has 0 N–H and O–H groups in total. The van der Waals surface area contributed by atoms with E-state index in [4.69, 9.17) is 0 Å². The summed E-state index contributed by atoms with van der Waals surface area (Å²) in [5.74, 6) is 2.75. The predicted octanol–water partition coefficient (Wildman–Crippen LogP) is 6.87. The second-order valence-corrected chi connectivity index (χ2v) is 11.8. The largest absolute Gasteiger partial charge is 0.0763 e. The second-order valence-electron chi connectivity index (χ2n) is 11.8. The van der Waals surface area contributed by atoms with E-state index in [0.717, 1.165) is 5.92 Å². The van der Waals surface area contributed by atoms with Crippen molar-refractivity contribution >= 4 is 43.5 Å². The van der Waals surface area contributed by atoms with E-state index in [1.165, 1.54) is 32.1 Å². The third-order valence-electron chi connectivity index (χ3n) is 10.9. The first-order chi connectivity index (χ1) is 15.4. The summed E-state index contributed by atoms with van der Waals surface area (Å²) in [5.41, 5.74) is 20.7. The zero-order valence-corrected chi connectivity index (χ0v) is 17.2. The fourth-order valence-corrected chi connectivity index (χ4v) is 10.4. The molecule has 4 aromatic rings. The van der Waals surface area contributed by atoms with Crippen LogP contribution >= 0.6 is 0 Å². The van der Waals surface area contributed by atoms with Crippen molar-refractivity contribution in [3.05, 3.63) is 79.9 Å². The first-order valence-corrected chi connectivity index (χ1v) is 12.4. The maximum atomic E-state index is 2.75. The number of hydrogen-bond acceptors (Lipinski definition) is 0. The van der Waals surface area contributed by atoms with Crippen molar-refractivity contribution < 1.29 is 0 Å². The molecule has 0 amide bonds. The summed E-state index contributed by atoms with van der Waals surface area (Å²) in [4.78, 5) is 0. The number of allylic oxidation sites excluding steroid dienone is 4. The van der Waals surface area contributed by atoms with Crippen LogP contribution in [0.25, 0.3) is 43.5 Å². The number of hydrogen-bond donors (Lipinski definition) is 0. The molecule has 0 heterocycles. The van der Waals surface area contributed by atoms with E-state index in [2.05, 4.69) is 24.3 Å². The fourth-order valence-electron chi connectivity index (χ4n) is 10.4. The van der Waals surface area contributed by atoms with Crippen molar-refractivity contribution in [1.29, 1.82) is 0 Å². The van der Waals surface area contributed by atoms with Gasteiger partial charge in [-0.05, 0) is 143 Å². The van der Waals surface area contributed by atoms with E-state index in [0.29, 0.717) is 17.8 Å². The lowest BCUT2D eigenvalue weighted by molar-refractivity contribution is 0.497. The van der Waals surface area contributed by atoms with Crippen LogP contribution in [0, 0.1) is 11.8 Å². The maximum absolute atomic E-state index is 2.75. The molecule has 31 heavy (non-hydrogen) atoms. The van der Waals surface area contributed by atoms with E-state index in [-0.39, 0.29) is 0 Å². The van der Waals surface area contributed by atoms with E-state index in [9.17, 15) is 0 Å². The van der Waals surface area contributed by atoms with E-state index < -0.39 is 0 Å². The topological polar surface area (TPSA) is 0 Å². The van der Waals surface area contributed by atoms with Gasteiger partial charge in [-0.2, -0.15) is 0 Å². The monoisotopic (exact) mass is 390 g/mol. The van der Waals surface area contributed by atoms with Gasteiger partial charge in [0.1, 0.15) is 0 Å². The summed E-state index contributed by atoms with van der Waals surface area (Å²) >= 11 is 0. The lowest BCUT2D eigenvalue weighted by atomic mass is 9.68. The van der Waals surface area contributed by atoms with Crippen LogP contribution < -0.4 is 0 Å². The highest BCUT2D eigenvalue weighted by atomic mass is 14.6. The molecule has 0 radical (unpaired) electrons. The van der Waals surface area contributed by atoms with Gasteiger partial charge in [0, 0.05) is 11.8 Å². The van der Waals surface area contributed by atoms with Crippen molar-refractivity contribution in [2.75, 3.05) is 0 Å². The molecule has 8 aliphatic rings. The van der Waals surface area contributed by atoms with Crippen LogP contribution in [0.5, 0.6) is 0 Å². The first kappa shape index (κ1) is 13.5. The highest BCUT2D eigenvalue weighted by Gasteiger charge is 2.53. The third kappa shape index (κ3) is 1.01. The Morgan fingerprint density at radius 2 is 1.16 bits per heavy atom. The van der Waals surface area contributed by atoms with Crippen molar-refractivity contribution in [2.24, 2.45) is 11.8 Å². The summed E-state index contributed by atoms with van der Waals surface area (Å²) in [6, 6.07) is 5.31. The van der Waals surface area contributed by atoms with Crippen molar-refractivity contribution in [3.63, 3.8) is 0 Å². The zero-order chi connectivity index (χ0) is 19.1. The van der Waals surface area contributed by atoms with Crippen LogP contribution in [0.1, 0.15) is 80.3 Å². The smallest absolute Gasteiger partial charge is 0.0177 e. The highest BCUT2D eigenvalue weighted by molar-refractivity contribution is 6.36. The molecule has 0 nitrogen and oxygen atoms in total. The van der Waals surface area contributed by atoms with Gasteiger partial charge in [-0.3, -0.25) is 0 Å². The molecule has 0 saturated carbocycles. The standard InChI is InChI=1S/C31H18/c1-2-11-4-13-6-15-8-17-9-16-7-14-5-12-3-10(1)18-19(11)27-21(13)23(15)29-25(17)24(16)28-22(14)20(12)26(18)30(27)31(28)29/h3-4,7-8,10,16,18,24H,1-2,5-6,9H2. The molecular weight excluding hydrogens is 372 g/mol. The van der Waals surface area contributed by atoms with Crippen LogP contribution in [0.15, 0.2) is 24.3 Å². The van der Waals surface area contributed by atoms with Gasteiger partial charge in [0.05, 0.1) is 0 Å². The minimum absolute atomic E-state index is 0.652. The Kier molecular flexibility index (Phi) is 1.56. The van der Waals surface area contributed by atoms with Gasteiger partial charge in [-0.25, -0.2) is 0 Å². The molecular formula is C31H18. The second kappa shape index (κ2) is 3.56. The quantitative estimate of drug-likeness (QED) is 0.253. The van der Waals surface area contributed by atoms with Gasteiger partial charge < -0.3 is 0 Å². The van der Waals surface area contributed by atoms with Crippen molar-refractivity contribution in [2.45, 2.75) is 43.9 Å². The molecule has 4 atom stereocenters. The molecule has 0 aromatic heterocycles. The number of aryl methyl sites for hydroxylation is 1. The van der Waals surface area contributed by atoms with Crippen LogP contribution in [-0.2, 0) is 19.3 Å². The minimum atomic E-state index is 0.652. The van der Waals surface area contributed by atoms with Gasteiger partial charge in [0.15, 0.2) is 0 Å². The molecule has 4 unspecified atom stereocenters. The lowest BCUT2D eigenvalue weighted by Gasteiger charge is -2.35. The normalized spacial score (nSPS) is 31.0. The lowest BCUT2D eigenvalue weighted by Crippen LogP contribution is -2.22. The third-order valence-corrected chi connectivity index (χ3v) is 10.9. The van der Waals surface area contributed by atoms with Gasteiger partial charge in [0.2, 0.25) is 0 Å². The Labute approximate surface area is 179 Å². The molecule has 12 rings (SSSR count). The van der Waals surface area contributed by atoms with E-state index >= 15 is 0 Å². The molecule has 0 saturated heterocycles. The molecule has 0 bridgehead atoms. The SMILES string of the molecule is C1=C2CC3=CC4Cc5cc6c7c8c(cc9c%10c8c8c(c2c3c2c8c7c5C24)C%10C1CC9)C6. The molecule has 0 aliphatic heterocycles. The van der Waals surface area contributed by atoms with Gasteiger partial charge >= 0.3 is 0 Å². The average Bonchev–Trinajstić information content (AvgIpc) is 3.53. The molecule has 0 fully saturated rings. The highest BCUT2D eigenvalue weighted by Crippen LogP contribution is 2.70. The van der Waals surface area contributed by atoms with E-state index in [1.807, 2.05) is 0 Å². The fraction of sp³-hybridized carbons (Fsp3) is 0.290. The zero-order valence-electron chi connectivity index (χ0n) is 17.2. The summed E-state index contributed by atoms with van der Waals surface area (Å²) in [6.07, 6.45) is 11.8.